The number of aromatic nitrogens is 3. The lowest BCUT2D eigenvalue weighted by molar-refractivity contribution is 0.0973. The minimum Gasteiger partial charge on any atom is -0.319 e. The number of hydrogen-bond acceptors (Lipinski definition) is 3. The fourth-order valence-electron chi connectivity index (χ4n) is 2.22. The fourth-order valence-corrected chi connectivity index (χ4v) is 2.78. The van der Waals surface area contributed by atoms with Crippen LogP contribution in [0.15, 0.2) is 53.0 Å². The number of aromatic amines is 2. The van der Waals surface area contributed by atoms with Crippen molar-refractivity contribution in [3.8, 4) is 0 Å². The van der Waals surface area contributed by atoms with Gasteiger partial charge in [-0.3, -0.25) is 15.0 Å². The fraction of sp³-hybridized carbons (Fsp3) is 0.0556. The molecule has 3 N–H and O–H groups in total. The number of rotatable bonds is 4. The second kappa shape index (κ2) is 7.58. The molecule has 7 heteroatoms. The van der Waals surface area contributed by atoms with Gasteiger partial charge in [0.1, 0.15) is 0 Å². The average Bonchev–Trinajstić information content (AvgIpc) is 3.01. The van der Waals surface area contributed by atoms with Crippen LogP contribution in [-0.4, -0.2) is 21.1 Å². The van der Waals surface area contributed by atoms with Gasteiger partial charge in [0.25, 0.3) is 5.91 Å². The molecule has 0 radical (unpaired) electrons. The number of aryl methyl sites for hydroxylation is 1. The molecule has 0 spiro atoms. The van der Waals surface area contributed by atoms with Gasteiger partial charge in [-0.1, -0.05) is 45.8 Å². The molecule has 0 saturated heterocycles. The molecule has 0 fully saturated rings. The van der Waals surface area contributed by atoms with E-state index in [-0.39, 0.29) is 5.91 Å². The van der Waals surface area contributed by atoms with Gasteiger partial charge in [-0.05, 0) is 55.0 Å². The van der Waals surface area contributed by atoms with E-state index in [2.05, 4.69) is 36.4 Å². The van der Waals surface area contributed by atoms with Crippen LogP contribution in [0.4, 0.5) is 0 Å². The van der Waals surface area contributed by atoms with Crippen molar-refractivity contribution in [2.75, 3.05) is 0 Å². The molecule has 3 rings (SSSR count). The summed E-state index contributed by atoms with van der Waals surface area (Å²) >= 11 is 8.46. The molecule has 5 nitrogen and oxygen atoms in total. The highest BCUT2D eigenvalue weighted by molar-refractivity contribution is 9.10. The molecule has 1 heterocycles. The van der Waals surface area contributed by atoms with Crippen LogP contribution < -0.4 is 5.32 Å². The zero-order chi connectivity index (χ0) is 17.8. The predicted octanol–water partition coefficient (Wildman–Crippen LogP) is 4.47. The lowest BCUT2D eigenvalue weighted by Crippen LogP contribution is -2.22. The van der Waals surface area contributed by atoms with E-state index >= 15 is 0 Å². The first-order valence-electron chi connectivity index (χ1n) is 7.51. The van der Waals surface area contributed by atoms with Crippen molar-refractivity contribution < 1.29 is 4.79 Å². The zero-order valence-electron chi connectivity index (χ0n) is 13.3. The maximum atomic E-state index is 12.6. The summed E-state index contributed by atoms with van der Waals surface area (Å²) in [7, 11) is 0. The van der Waals surface area contributed by atoms with Gasteiger partial charge in [-0.25, -0.2) is 0 Å². The molecule has 0 unspecified atom stereocenters. The molecule has 1 aromatic heterocycles. The number of nitrogens with one attached hydrogen (secondary N) is 3. The van der Waals surface area contributed by atoms with Gasteiger partial charge in [-0.2, -0.15) is 4.98 Å². The normalized spacial score (nSPS) is 11.4. The Balaban J connectivity index is 1.95. The Bertz CT molecular complexity index is 989. The summed E-state index contributed by atoms with van der Waals surface area (Å²) in [5.74, 6) is 0.244. The van der Waals surface area contributed by atoms with Crippen LogP contribution in [0.25, 0.3) is 11.8 Å². The van der Waals surface area contributed by atoms with Crippen LogP contribution in [0.3, 0.4) is 0 Å². The molecule has 0 aliphatic heterocycles. The SMILES string of the molecule is Cc1ccc(C(=O)NC(=Cc2cccc(Br)c2)c2nc(=S)[nH][nH]2)cc1. The predicted molar refractivity (Wildman–Crippen MR) is 104 cm³/mol. The van der Waals surface area contributed by atoms with E-state index in [1.54, 1.807) is 12.1 Å². The van der Waals surface area contributed by atoms with Crippen LogP contribution in [0.5, 0.6) is 0 Å². The van der Waals surface area contributed by atoms with Crippen molar-refractivity contribution in [3.05, 3.63) is 80.3 Å². The molecule has 1 amide bonds. The number of halogens is 1. The Morgan fingerprint density at radius 1 is 1.20 bits per heavy atom. The Morgan fingerprint density at radius 2 is 1.96 bits per heavy atom. The van der Waals surface area contributed by atoms with E-state index in [9.17, 15) is 4.79 Å². The minimum absolute atomic E-state index is 0.219. The molecule has 0 bridgehead atoms. The van der Waals surface area contributed by atoms with E-state index in [0.29, 0.717) is 21.9 Å². The van der Waals surface area contributed by atoms with Crippen molar-refractivity contribution in [1.29, 1.82) is 0 Å². The highest BCUT2D eigenvalue weighted by Gasteiger charge is 2.12. The van der Waals surface area contributed by atoms with Gasteiger partial charge < -0.3 is 5.32 Å². The van der Waals surface area contributed by atoms with Gasteiger partial charge in [0.15, 0.2) is 5.82 Å². The van der Waals surface area contributed by atoms with Gasteiger partial charge >= 0.3 is 0 Å². The third-order valence-electron chi connectivity index (χ3n) is 3.48. The maximum absolute atomic E-state index is 12.6. The zero-order valence-corrected chi connectivity index (χ0v) is 15.7. The molecule has 126 valence electrons. The van der Waals surface area contributed by atoms with Gasteiger partial charge in [0, 0.05) is 10.0 Å². The Morgan fingerprint density at radius 3 is 2.60 bits per heavy atom. The van der Waals surface area contributed by atoms with Crippen molar-refractivity contribution >= 4 is 45.8 Å². The first kappa shape index (κ1) is 17.3. The van der Waals surface area contributed by atoms with E-state index in [4.69, 9.17) is 12.2 Å². The number of nitrogens with zero attached hydrogens (tertiary/aromatic N) is 1. The summed E-state index contributed by atoms with van der Waals surface area (Å²) in [4.78, 5) is 16.8. The van der Waals surface area contributed by atoms with E-state index in [0.717, 1.165) is 15.6 Å². The molecule has 0 atom stereocenters. The van der Waals surface area contributed by atoms with Gasteiger partial charge in [-0.15, -0.1) is 0 Å². The first-order chi connectivity index (χ1) is 12.0. The Kier molecular flexibility index (Phi) is 5.25. The average molecular weight is 415 g/mol. The second-order valence-corrected chi connectivity index (χ2v) is 6.75. The van der Waals surface area contributed by atoms with Crippen LogP contribution in [0, 0.1) is 11.7 Å². The molecule has 25 heavy (non-hydrogen) atoms. The molecule has 0 aliphatic rings. The van der Waals surface area contributed by atoms with Crippen molar-refractivity contribution in [3.63, 3.8) is 0 Å². The summed E-state index contributed by atoms with van der Waals surface area (Å²) in [5, 5.41) is 8.51. The largest absolute Gasteiger partial charge is 0.319 e. The minimum atomic E-state index is -0.219. The molecule has 2 aromatic carbocycles. The van der Waals surface area contributed by atoms with Crippen LogP contribution in [-0.2, 0) is 0 Å². The maximum Gasteiger partial charge on any atom is 0.255 e. The number of H-pyrrole nitrogens is 2. The summed E-state index contributed by atoms with van der Waals surface area (Å²) in [6.45, 7) is 1.98. The highest BCUT2D eigenvalue weighted by Crippen LogP contribution is 2.17. The summed E-state index contributed by atoms with van der Waals surface area (Å²) < 4.78 is 1.26. The number of amides is 1. The Hall–Kier alpha value is -2.51. The number of carbonyl (C=O) groups excluding carboxylic acids is 1. The molecule has 3 aromatic rings. The lowest BCUT2D eigenvalue weighted by atomic mass is 10.1. The van der Waals surface area contributed by atoms with Gasteiger partial charge in [0.05, 0.1) is 5.70 Å². The smallest absolute Gasteiger partial charge is 0.255 e. The number of benzene rings is 2. The second-order valence-electron chi connectivity index (χ2n) is 5.45. The van der Waals surface area contributed by atoms with E-state index in [1.165, 1.54) is 0 Å². The van der Waals surface area contributed by atoms with E-state index in [1.807, 2.05) is 49.4 Å². The number of hydrogen-bond donors (Lipinski definition) is 3. The first-order valence-corrected chi connectivity index (χ1v) is 8.72. The van der Waals surface area contributed by atoms with Crippen LogP contribution >= 0.6 is 28.1 Å². The van der Waals surface area contributed by atoms with Crippen molar-refractivity contribution in [2.45, 2.75) is 6.92 Å². The summed E-state index contributed by atoms with van der Waals surface area (Å²) in [6.07, 6.45) is 1.83. The molecular weight excluding hydrogens is 400 g/mol. The van der Waals surface area contributed by atoms with E-state index < -0.39 is 0 Å². The lowest BCUT2D eigenvalue weighted by Gasteiger charge is -2.08. The van der Waals surface area contributed by atoms with Crippen LogP contribution in [0.2, 0.25) is 0 Å². The van der Waals surface area contributed by atoms with Gasteiger partial charge in [0.2, 0.25) is 4.77 Å². The monoisotopic (exact) mass is 414 g/mol. The molecular formula is C18H15BrN4OS. The third kappa shape index (κ3) is 4.52. The third-order valence-corrected chi connectivity index (χ3v) is 4.16. The topological polar surface area (TPSA) is 73.6 Å². The quantitative estimate of drug-likeness (QED) is 0.551. The summed E-state index contributed by atoms with van der Waals surface area (Å²) in [6, 6.07) is 15.1. The van der Waals surface area contributed by atoms with Crippen LogP contribution in [0.1, 0.15) is 27.3 Å². The van der Waals surface area contributed by atoms with Crippen molar-refractivity contribution in [2.24, 2.45) is 0 Å². The highest BCUT2D eigenvalue weighted by atomic mass is 79.9. The Labute approximate surface area is 158 Å². The number of carbonyl (C=O) groups is 1. The molecule has 0 aliphatic carbocycles. The standard InChI is InChI=1S/C18H15BrN4OS/c1-11-5-7-13(8-6-11)17(24)20-15(16-21-18(25)23-22-16)10-12-3-2-4-14(19)9-12/h2-10H,1H3,(H,20,24)(H2,21,22,23,25). The summed E-state index contributed by atoms with van der Waals surface area (Å²) in [5.41, 5.74) is 3.10. The molecule has 0 saturated carbocycles. The van der Waals surface area contributed by atoms with Crippen molar-refractivity contribution in [1.82, 2.24) is 20.5 Å².